The van der Waals surface area contributed by atoms with Crippen LogP contribution in [0, 0.1) is 13.8 Å². The molecule has 0 saturated heterocycles. The van der Waals surface area contributed by atoms with Crippen LogP contribution in [-0.2, 0) is 5.75 Å². The first-order valence-electron chi connectivity index (χ1n) is 7.27. The van der Waals surface area contributed by atoms with E-state index in [1.807, 2.05) is 32.5 Å². The monoisotopic (exact) mass is 282 g/mol. The van der Waals surface area contributed by atoms with E-state index in [9.17, 15) is 4.79 Å². The molecule has 19 heavy (non-hydrogen) atoms. The van der Waals surface area contributed by atoms with Crippen molar-refractivity contribution < 1.29 is 4.79 Å². The predicted octanol–water partition coefficient (Wildman–Crippen LogP) is 4.36. The summed E-state index contributed by atoms with van der Waals surface area (Å²) in [5.41, 5.74) is 3.26. The molecule has 4 heteroatoms. The Labute approximate surface area is 121 Å². The summed E-state index contributed by atoms with van der Waals surface area (Å²) in [6, 6.07) is 0. The fourth-order valence-corrected chi connectivity index (χ4v) is 3.26. The van der Waals surface area contributed by atoms with Crippen LogP contribution < -0.4 is 0 Å². The number of hydrogen-bond donors (Lipinski definition) is 0. The Balaban J connectivity index is 2.50. The molecule has 108 valence electrons. The fraction of sp³-hybridized carbons (Fsp3) is 0.733. The molecule has 0 fully saturated rings. The van der Waals surface area contributed by atoms with E-state index < -0.39 is 0 Å². The van der Waals surface area contributed by atoms with E-state index in [2.05, 4.69) is 12.0 Å². The number of thioether (sulfide) groups is 1. The third-order valence-corrected chi connectivity index (χ3v) is 4.44. The van der Waals surface area contributed by atoms with Crippen molar-refractivity contribution in [1.82, 2.24) is 9.78 Å². The van der Waals surface area contributed by atoms with Crippen LogP contribution in [0.15, 0.2) is 0 Å². The Kier molecular flexibility index (Phi) is 7.21. The average molecular weight is 282 g/mol. The SMILES string of the molecule is CCCCCCSCc1c(C)nn(C(=O)CC)c1C. The van der Waals surface area contributed by atoms with Crippen LogP contribution in [-0.4, -0.2) is 21.4 Å². The molecule has 0 atom stereocenters. The molecule has 0 aliphatic heterocycles. The van der Waals surface area contributed by atoms with Gasteiger partial charge in [0.05, 0.1) is 5.69 Å². The number of nitrogens with zero attached hydrogens (tertiary/aromatic N) is 2. The van der Waals surface area contributed by atoms with Crippen LogP contribution >= 0.6 is 11.8 Å². The van der Waals surface area contributed by atoms with Crippen molar-refractivity contribution in [2.24, 2.45) is 0 Å². The lowest BCUT2D eigenvalue weighted by atomic mass is 10.2. The van der Waals surface area contributed by atoms with Crippen molar-refractivity contribution in [3.63, 3.8) is 0 Å². The van der Waals surface area contributed by atoms with Gasteiger partial charge in [-0.1, -0.05) is 33.1 Å². The minimum Gasteiger partial charge on any atom is -0.273 e. The second-order valence-electron chi connectivity index (χ2n) is 4.92. The summed E-state index contributed by atoms with van der Waals surface area (Å²) in [6.45, 7) is 8.11. The fourth-order valence-electron chi connectivity index (χ4n) is 2.08. The van der Waals surface area contributed by atoms with Gasteiger partial charge in [0, 0.05) is 23.4 Å². The Bertz CT molecular complexity index is 413. The highest BCUT2D eigenvalue weighted by atomic mass is 32.2. The quantitative estimate of drug-likeness (QED) is 0.664. The molecule has 1 aromatic heterocycles. The van der Waals surface area contributed by atoms with E-state index in [4.69, 9.17) is 0 Å². The summed E-state index contributed by atoms with van der Waals surface area (Å²) in [4.78, 5) is 11.7. The Morgan fingerprint density at radius 3 is 2.58 bits per heavy atom. The summed E-state index contributed by atoms with van der Waals surface area (Å²) in [6.07, 6.45) is 5.75. The number of unbranched alkanes of at least 4 members (excludes halogenated alkanes) is 3. The number of rotatable bonds is 8. The molecule has 0 radical (unpaired) electrons. The summed E-state index contributed by atoms with van der Waals surface area (Å²) < 4.78 is 1.57. The first-order chi connectivity index (χ1) is 9.11. The number of aryl methyl sites for hydroxylation is 1. The normalized spacial score (nSPS) is 10.9. The Morgan fingerprint density at radius 1 is 1.21 bits per heavy atom. The van der Waals surface area contributed by atoms with Gasteiger partial charge in [-0.15, -0.1) is 0 Å². The van der Waals surface area contributed by atoms with Crippen molar-refractivity contribution in [2.75, 3.05) is 5.75 Å². The molecule has 1 rings (SSSR count). The molecule has 0 aromatic carbocycles. The van der Waals surface area contributed by atoms with E-state index in [1.165, 1.54) is 37.0 Å². The first kappa shape index (κ1) is 16.3. The number of carbonyl (C=O) groups is 1. The van der Waals surface area contributed by atoms with Crippen molar-refractivity contribution in [1.29, 1.82) is 0 Å². The van der Waals surface area contributed by atoms with Crippen LogP contribution in [0.25, 0.3) is 0 Å². The Morgan fingerprint density at radius 2 is 1.95 bits per heavy atom. The number of carbonyl (C=O) groups excluding carboxylic acids is 1. The topological polar surface area (TPSA) is 34.9 Å². The van der Waals surface area contributed by atoms with Crippen molar-refractivity contribution in [3.05, 3.63) is 17.0 Å². The molecule has 0 bridgehead atoms. The summed E-state index contributed by atoms with van der Waals surface area (Å²) >= 11 is 1.95. The second-order valence-corrected chi connectivity index (χ2v) is 6.03. The third kappa shape index (κ3) is 4.68. The minimum atomic E-state index is 0.0831. The van der Waals surface area contributed by atoms with E-state index in [0.29, 0.717) is 6.42 Å². The van der Waals surface area contributed by atoms with Gasteiger partial charge in [0.25, 0.3) is 0 Å². The maximum Gasteiger partial charge on any atom is 0.246 e. The van der Waals surface area contributed by atoms with Gasteiger partial charge in [-0.05, 0) is 26.0 Å². The van der Waals surface area contributed by atoms with Crippen LogP contribution in [0.4, 0.5) is 0 Å². The average Bonchev–Trinajstić information content (AvgIpc) is 2.69. The molecule has 1 aromatic rings. The molecule has 3 nitrogen and oxygen atoms in total. The van der Waals surface area contributed by atoms with Crippen molar-refractivity contribution in [2.45, 2.75) is 65.6 Å². The van der Waals surface area contributed by atoms with Crippen molar-refractivity contribution >= 4 is 17.7 Å². The van der Waals surface area contributed by atoms with Gasteiger partial charge in [0.1, 0.15) is 0 Å². The molecule has 1 heterocycles. The van der Waals surface area contributed by atoms with E-state index >= 15 is 0 Å². The Hall–Kier alpha value is -0.770. The highest BCUT2D eigenvalue weighted by Gasteiger charge is 2.14. The van der Waals surface area contributed by atoms with Crippen LogP contribution in [0.5, 0.6) is 0 Å². The van der Waals surface area contributed by atoms with Gasteiger partial charge < -0.3 is 0 Å². The predicted molar refractivity (Wildman–Crippen MR) is 82.9 cm³/mol. The highest BCUT2D eigenvalue weighted by molar-refractivity contribution is 7.98. The second kappa shape index (κ2) is 8.41. The van der Waals surface area contributed by atoms with E-state index in [-0.39, 0.29) is 5.91 Å². The zero-order valence-corrected chi connectivity index (χ0v) is 13.5. The van der Waals surface area contributed by atoms with Gasteiger partial charge in [-0.2, -0.15) is 16.9 Å². The summed E-state index contributed by atoms with van der Waals surface area (Å²) in [5, 5.41) is 4.36. The number of aromatic nitrogens is 2. The van der Waals surface area contributed by atoms with Gasteiger partial charge in [0.15, 0.2) is 0 Å². The van der Waals surface area contributed by atoms with Crippen LogP contribution in [0.1, 0.15) is 67.7 Å². The van der Waals surface area contributed by atoms with Gasteiger partial charge in [-0.3, -0.25) is 4.79 Å². The van der Waals surface area contributed by atoms with E-state index in [0.717, 1.165) is 17.1 Å². The molecule has 0 aliphatic rings. The molecule has 0 amide bonds. The molecular weight excluding hydrogens is 256 g/mol. The standard InChI is InChI=1S/C15H26N2OS/c1-5-7-8-9-10-19-11-14-12(3)16-17(13(14)4)15(18)6-2/h5-11H2,1-4H3. The zero-order valence-electron chi connectivity index (χ0n) is 12.7. The van der Waals surface area contributed by atoms with E-state index in [1.54, 1.807) is 4.68 Å². The molecule has 0 spiro atoms. The summed E-state index contributed by atoms with van der Waals surface area (Å²) in [5.74, 6) is 2.26. The smallest absolute Gasteiger partial charge is 0.246 e. The molecule has 0 unspecified atom stereocenters. The lowest BCUT2D eigenvalue weighted by Crippen LogP contribution is -2.12. The van der Waals surface area contributed by atoms with Crippen LogP contribution in [0.3, 0.4) is 0 Å². The lowest BCUT2D eigenvalue weighted by Gasteiger charge is -2.03. The zero-order chi connectivity index (χ0) is 14.3. The first-order valence-corrected chi connectivity index (χ1v) is 8.43. The minimum absolute atomic E-state index is 0.0831. The molecule has 0 saturated carbocycles. The van der Waals surface area contributed by atoms with Gasteiger partial charge in [0.2, 0.25) is 5.91 Å². The maximum absolute atomic E-state index is 11.7. The molecule has 0 aliphatic carbocycles. The van der Waals surface area contributed by atoms with Gasteiger partial charge in [-0.25, -0.2) is 4.68 Å². The highest BCUT2D eigenvalue weighted by Crippen LogP contribution is 2.21. The molecular formula is C15H26N2OS. The van der Waals surface area contributed by atoms with Crippen molar-refractivity contribution in [3.8, 4) is 0 Å². The number of hydrogen-bond acceptors (Lipinski definition) is 3. The van der Waals surface area contributed by atoms with Gasteiger partial charge >= 0.3 is 0 Å². The third-order valence-electron chi connectivity index (χ3n) is 3.37. The molecule has 0 N–H and O–H groups in total. The van der Waals surface area contributed by atoms with Crippen LogP contribution in [0.2, 0.25) is 0 Å². The maximum atomic E-state index is 11.7. The summed E-state index contributed by atoms with van der Waals surface area (Å²) in [7, 11) is 0. The lowest BCUT2D eigenvalue weighted by molar-refractivity contribution is 0.0890. The largest absolute Gasteiger partial charge is 0.273 e.